The molecule has 1 aromatic heterocycles. The normalized spacial score (nSPS) is 15.8. The Bertz CT molecular complexity index is 706. The molecule has 1 aliphatic carbocycles. The largest absolute Gasteiger partial charge is 0.361 e. The lowest BCUT2D eigenvalue weighted by Crippen LogP contribution is -2.34. The van der Waals surface area contributed by atoms with Crippen LogP contribution in [0.3, 0.4) is 0 Å². The summed E-state index contributed by atoms with van der Waals surface area (Å²) in [5, 5.41) is 4.12. The molecule has 25 heavy (non-hydrogen) atoms. The number of nitrogens with zero attached hydrogens (tertiary/aromatic N) is 1. The first-order valence-corrected chi connectivity index (χ1v) is 9.87. The van der Waals surface area contributed by atoms with Crippen molar-refractivity contribution >= 4 is 34.1 Å². The molecule has 0 atom stereocenters. The van der Waals surface area contributed by atoms with Crippen molar-refractivity contribution in [3.63, 3.8) is 0 Å². The van der Waals surface area contributed by atoms with Gasteiger partial charge in [0.1, 0.15) is 0 Å². The van der Waals surface area contributed by atoms with E-state index >= 15 is 0 Å². The van der Waals surface area contributed by atoms with Gasteiger partial charge in [-0.1, -0.05) is 19.3 Å². The molecule has 0 bridgehead atoms. The van der Waals surface area contributed by atoms with E-state index < -0.39 is 0 Å². The molecule has 5 heteroatoms. The summed E-state index contributed by atoms with van der Waals surface area (Å²) in [6, 6.07) is 6.76. The maximum absolute atomic E-state index is 11.8. The molecule has 1 amide bonds. The summed E-state index contributed by atoms with van der Waals surface area (Å²) in [5.41, 5.74) is 3.26. The number of hydrogen-bond donors (Lipinski definition) is 2. The van der Waals surface area contributed by atoms with E-state index in [0.29, 0.717) is 12.3 Å². The third kappa shape index (κ3) is 4.77. The number of fused-ring (bicyclic) bond motifs is 1. The highest BCUT2D eigenvalue weighted by Crippen LogP contribution is 2.25. The first kappa shape index (κ1) is 18.3. The predicted molar refractivity (Wildman–Crippen MR) is 105 cm³/mol. The van der Waals surface area contributed by atoms with Crippen LogP contribution >= 0.6 is 11.6 Å². The van der Waals surface area contributed by atoms with Gasteiger partial charge in [0.15, 0.2) is 0 Å². The highest BCUT2D eigenvalue weighted by atomic mass is 35.5. The van der Waals surface area contributed by atoms with Crippen molar-refractivity contribution < 1.29 is 4.79 Å². The Hall–Kier alpha value is -1.52. The highest BCUT2D eigenvalue weighted by Gasteiger charge is 2.18. The minimum absolute atomic E-state index is 0.0385. The van der Waals surface area contributed by atoms with Gasteiger partial charge < -0.3 is 15.2 Å². The van der Waals surface area contributed by atoms with Crippen LogP contribution < -0.4 is 5.32 Å². The Morgan fingerprint density at radius 1 is 1.32 bits per heavy atom. The van der Waals surface area contributed by atoms with E-state index in [1.165, 1.54) is 43.1 Å². The van der Waals surface area contributed by atoms with Gasteiger partial charge in [-0.15, -0.1) is 11.6 Å². The Kier molecular flexibility index (Phi) is 6.38. The number of rotatable bonds is 7. The number of aromatic amines is 1. The minimum atomic E-state index is -0.0385. The van der Waals surface area contributed by atoms with E-state index in [1.807, 2.05) is 12.1 Å². The molecule has 1 aliphatic rings. The number of carbonyl (C=O) groups is 1. The fraction of sp³-hybridized carbons (Fsp3) is 0.550. The van der Waals surface area contributed by atoms with Crippen LogP contribution in [0.5, 0.6) is 0 Å². The van der Waals surface area contributed by atoms with E-state index in [9.17, 15) is 4.79 Å². The SMILES string of the molecule is CN(CCc1c[nH]c2ccc(NC(=O)CCCl)cc12)C1CCCCC1. The van der Waals surface area contributed by atoms with Crippen molar-refractivity contribution in [2.75, 3.05) is 24.8 Å². The van der Waals surface area contributed by atoms with Gasteiger partial charge in [0.05, 0.1) is 0 Å². The number of nitrogens with one attached hydrogen (secondary N) is 2. The van der Waals surface area contributed by atoms with Crippen LogP contribution in [0.4, 0.5) is 5.69 Å². The van der Waals surface area contributed by atoms with E-state index in [-0.39, 0.29) is 5.91 Å². The summed E-state index contributed by atoms with van der Waals surface area (Å²) in [5.74, 6) is 0.306. The fourth-order valence-corrected chi connectivity index (χ4v) is 3.95. The molecule has 1 heterocycles. The number of alkyl halides is 1. The number of likely N-dealkylation sites (N-methyl/N-ethyl adjacent to an activating group) is 1. The summed E-state index contributed by atoms with van der Waals surface area (Å²) in [6.07, 6.45) is 10.3. The zero-order valence-corrected chi connectivity index (χ0v) is 15.7. The second-order valence-electron chi connectivity index (χ2n) is 7.08. The number of carbonyl (C=O) groups excluding carboxylic acids is 1. The lowest BCUT2D eigenvalue weighted by molar-refractivity contribution is -0.115. The Morgan fingerprint density at radius 3 is 2.88 bits per heavy atom. The molecule has 3 rings (SSSR count). The summed E-state index contributed by atoms with van der Waals surface area (Å²) in [4.78, 5) is 17.6. The molecular formula is C20H28ClN3O. The first-order valence-electron chi connectivity index (χ1n) is 9.33. The number of amides is 1. The van der Waals surface area contributed by atoms with Crippen molar-refractivity contribution in [2.45, 2.75) is 51.0 Å². The lowest BCUT2D eigenvalue weighted by atomic mass is 9.94. The minimum Gasteiger partial charge on any atom is -0.361 e. The number of anilines is 1. The van der Waals surface area contributed by atoms with E-state index in [1.54, 1.807) is 0 Å². The van der Waals surface area contributed by atoms with Gasteiger partial charge in [0, 0.05) is 47.7 Å². The van der Waals surface area contributed by atoms with Gasteiger partial charge in [-0.3, -0.25) is 4.79 Å². The molecule has 2 N–H and O–H groups in total. The molecule has 0 aliphatic heterocycles. The van der Waals surface area contributed by atoms with Crippen molar-refractivity contribution in [3.8, 4) is 0 Å². The standard InChI is InChI=1S/C20H28ClN3O/c1-24(17-5-3-2-4-6-17)12-10-15-14-22-19-8-7-16(13-18(15)19)23-20(25)9-11-21/h7-8,13-14,17,22H,2-6,9-12H2,1H3,(H,23,25). The van der Waals surface area contributed by atoms with Gasteiger partial charge >= 0.3 is 0 Å². The molecule has 4 nitrogen and oxygen atoms in total. The number of hydrogen-bond acceptors (Lipinski definition) is 2. The number of aromatic nitrogens is 1. The Morgan fingerprint density at radius 2 is 2.12 bits per heavy atom. The molecule has 136 valence electrons. The highest BCUT2D eigenvalue weighted by molar-refractivity contribution is 6.19. The molecule has 0 unspecified atom stereocenters. The van der Waals surface area contributed by atoms with Crippen LogP contribution in [0, 0.1) is 0 Å². The van der Waals surface area contributed by atoms with Crippen LogP contribution in [-0.4, -0.2) is 41.3 Å². The Balaban J connectivity index is 1.65. The molecule has 0 saturated heterocycles. The third-order valence-electron chi connectivity index (χ3n) is 5.30. The summed E-state index contributed by atoms with van der Waals surface area (Å²) in [7, 11) is 2.25. The quantitative estimate of drug-likeness (QED) is 0.711. The van der Waals surface area contributed by atoms with Crippen LogP contribution in [0.1, 0.15) is 44.1 Å². The van der Waals surface area contributed by atoms with Gasteiger partial charge in [0.2, 0.25) is 5.91 Å². The molecule has 0 radical (unpaired) electrons. The average Bonchev–Trinajstić information content (AvgIpc) is 3.03. The number of H-pyrrole nitrogens is 1. The van der Waals surface area contributed by atoms with Gasteiger partial charge in [-0.25, -0.2) is 0 Å². The number of benzene rings is 1. The first-order chi connectivity index (χ1) is 12.2. The van der Waals surface area contributed by atoms with Crippen molar-refractivity contribution in [2.24, 2.45) is 0 Å². The van der Waals surface area contributed by atoms with Crippen molar-refractivity contribution in [1.82, 2.24) is 9.88 Å². The van der Waals surface area contributed by atoms with E-state index in [0.717, 1.165) is 30.2 Å². The molecular weight excluding hydrogens is 334 g/mol. The lowest BCUT2D eigenvalue weighted by Gasteiger charge is -2.31. The monoisotopic (exact) mass is 361 g/mol. The smallest absolute Gasteiger partial charge is 0.225 e. The second-order valence-corrected chi connectivity index (χ2v) is 7.46. The van der Waals surface area contributed by atoms with Crippen LogP contribution in [0.15, 0.2) is 24.4 Å². The topological polar surface area (TPSA) is 48.1 Å². The van der Waals surface area contributed by atoms with Gasteiger partial charge in [-0.05, 0) is 50.1 Å². The van der Waals surface area contributed by atoms with Crippen molar-refractivity contribution in [1.29, 1.82) is 0 Å². The van der Waals surface area contributed by atoms with Gasteiger partial charge in [0.25, 0.3) is 0 Å². The predicted octanol–water partition coefficient (Wildman–Crippen LogP) is 4.54. The maximum atomic E-state index is 11.8. The second kappa shape index (κ2) is 8.72. The molecule has 1 aromatic carbocycles. The van der Waals surface area contributed by atoms with Gasteiger partial charge in [-0.2, -0.15) is 0 Å². The van der Waals surface area contributed by atoms with Crippen molar-refractivity contribution in [3.05, 3.63) is 30.0 Å². The molecule has 2 aromatic rings. The van der Waals surface area contributed by atoms with E-state index in [2.05, 4.69) is 34.5 Å². The fourth-order valence-electron chi connectivity index (χ4n) is 3.77. The maximum Gasteiger partial charge on any atom is 0.225 e. The van der Waals surface area contributed by atoms with Crippen LogP contribution in [-0.2, 0) is 11.2 Å². The Labute approximate surface area is 154 Å². The van der Waals surface area contributed by atoms with Crippen LogP contribution in [0.25, 0.3) is 10.9 Å². The zero-order chi connectivity index (χ0) is 17.6. The summed E-state index contributed by atoms with van der Waals surface area (Å²) < 4.78 is 0. The summed E-state index contributed by atoms with van der Waals surface area (Å²) in [6.45, 7) is 1.07. The van der Waals surface area contributed by atoms with Crippen LogP contribution in [0.2, 0.25) is 0 Å². The van der Waals surface area contributed by atoms with E-state index in [4.69, 9.17) is 11.6 Å². The molecule has 1 fully saturated rings. The third-order valence-corrected chi connectivity index (χ3v) is 5.49. The summed E-state index contributed by atoms with van der Waals surface area (Å²) >= 11 is 5.63. The average molecular weight is 362 g/mol. The molecule has 0 spiro atoms. The number of halogens is 1. The zero-order valence-electron chi connectivity index (χ0n) is 15.0. The molecule has 1 saturated carbocycles.